The fraction of sp³-hybridized carbons (Fsp3) is 0.211. The predicted octanol–water partition coefficient (Wildman–Crippen LogP) is 3.71. The minimum atomic E-state index is 0.0555. The van der Waals surface area contributed by atoms with Crippen molar-refractivity contribution in [1.29, 1.82) is 0 Å². The normalized spacial score (nSPS) is 11.3. The zero-order valence-corrected chi connectivity index (χ0v) is 14.0. The first-order valence-electron chi connectivity index (χ1n) is 8.03. The summed E-state index contributed by atoms with van der Waals surface area (Å²) >= 11 is 0. The molecular weight excluding hydrogens is 318 g/mol. The molecular formula is C19H17N3O3. The fourth-order valence-electron chi connectivity index (χ4n) is 2.90. The first kappa shape index (κ1) is 15.4. The van der Waals surface area contributed by atoms with Gasteiger partial charge in [0.1, 0.15) is 11.3 Å². The van der Waals surface area contributed by atoms with Crippen molar-refractivity contribution in [2.45, 2.75) is 26.8 Å². The third-order valence-electron chi connectivity index (χ3n) is 4.33. The van der Waals surface area contributed by atoms with Gasteiger partial charge in [-0.25, -0.2) is 0 Å². The van der Waals surface area contributed by atoms with Crippen LogP contribution >= 0.6 is 0 Å². The Morgan fingerprint density at radius 2 is 2.12 bits per heavy atom. The molecule has 1 aromatic carbocycles. The summed E-state index contributed by atoms with van der Waals surface area (Å²) in [5, 5.41) is 9.22. The lowest BCUT2D eigenvalue weighted by Crippen LogP contribution is -2.04. The van der Waals surface area contributed by atoms with Crippen molar-refractivity contribution < 1.29 is 13.7 Å². The molecule has 0 atom stereocenters. The van der Waals surface area contributed by atoms with Crippen molar-refractivity contribution in [3.8, 4) is 0 Å². The number of hydrogen-bond donors (Lipinski definition) is 0. The predicted molar refractivity (Wildman–Crippen MR) is 91.6 cm³/mol. The number of benzene rings is 1. The van der Waals surface area contributed by atoms with Crippen LogP contribution in [0.2, 0.25) is 0 Å². The molecule has 0 aliphatic rings. The maximum atomic E-state index is 12.5. The Kier molecular flexibility index (Phi) is 3.72. The van der Waals surface area contributed by atoms with E-state index in [1.807, 2.05) is 38.2 Å². The summed E-state index contributed by atoms with van der Waals surface area (Å²) < 4.78 is 12.3. The highest BCUT2D eigenvalue weighted by Gasteiger charge is 2.13. The minimum absolute atomic E-state index is 0.0555. The number of Topliss-reactive ketones (excluding diaryl/α,β-unsaturated/α-hetero) is 1. The maximum absolute atomic E-state index is 12.5. The van der Waals surface area contributed by atoms with Gasteiger partial charge in [-0.3, -0.25) is 9.48 Å². The largest absolute Gasteiger partial charge is 0.464 e. The Labute approximate surface area is 144 Å². The molecule has 0 bridgehead atoms. The summed E-state index contributed by atoms with van der Waals surface area (Å²) in [7, 11) is 0. The zero-order chi connectivity index (χ0) is 17.4. The molecule has 3 aromatic heterocycles. The minimum Gasteiger partial charge on any atom is -0.464 e. The topological polar surface area (TPSA) is 74.1 Å². The first-order valence-corrected chi connectivity index (χ1v) is 8.03. The summed E-state index contributed by atoms with van der Waals surface area (Å²) in [4.78, 5) is 12.5. The molecule has 0 saturated carbocycles. The Balaban J connectivity index is 1.49. The standard InChI is InChI=1S/C19H17N3O3/c1-12-17(13(2)25-21-12)11-22-10-14(9-20-22)7-18(23)15-3-4-19-16(8-15)5-6-24-19/h3-6,8-10H,7,11H2,1-2H3. The number of aromatic nitrogens is 3. The van der Waals surface area contributed by atoms with Crippen molar-refractivity contribution in [3.05, 3.63) is 71.1 Å². The number of furan rings is 1. The molecule has 0 fully saturated rings. The lowest BCUT2D eigenvalue weighted by Gasteiger charge is -2.01. The van der Waals surface area contributed by atoms with E-state index < -0.39 is 0 Å². The van der Waals surface area contributed by atoms with Gasteiger partial charge in [-0.15, -0.1) is 0 Å². The Hall–Kier alpha value is -3.15. The van der Waals surface area contributed by atoms with Crippen LogP contribution in [0.4, 0.5) is 0 Å². The van der Waals surface area contributed by atoms with Gasteiger partial charge in [0, 0.05) is 29.1 Å². The molecule has 0 saturated heterocycles. The lowest BCUT2D eigenvalue weighted by atomic mass is 10.0. The second kappa shape index (κ2) is 6.05. The van der Waals surface area contributed by atoms with Crippen LogP contribution in [0, 0.1) is 13.8 Å². The van der Waals surface area contributed by atoms with E-state index in [0.29, 0.717) is 18.5 Å². The molecule has 3 heterocycles. The Morgan fingerprint density at radius 3 is 2.92 bits per heavy atom. The molecule has 0 unspecified atom stereocenters. The average Bonchev–Trinajstić information content (AvgIpc) is 3.31. The van der Waals surface area contributed by atoms with Gasteiger partial charge < -0.3 is 8.94 Å². The van der Waals surface area contributed by atoms with E-state index in [0.717, 1.165) is 33.6 Å². The van der Waals surface area contributed by atoms with Crippen LogP contribution in [-0.4, -0.2) is 20.7 Å². The summed E-state index contributed by atoms with van der Waals surface area (Å²) in [6.07, 6.45) is 5.55. The van der Waals surface area contributed by atoms with Gasteiger partial charge in [-0.1, -0.05) is 5.16 Å². The summed E-state index contributed by atoms with van der Waals surface area (Å²) in [5.74, 6) is 0.846. The highest BCUT2D eigenvalue weighted by atomic mass is 16.5. The van der Waals surface area contributed by atoms with Crippen molar-refractivity contribution in [3.63, 3.8) is 0 Å². The van der Waals surface area contributed by atoms with Crippen LogP contribution in [0.25, 0.3) is 11.0 Å². The molecule has 4 aromatic rings. The van der Waals surface area contributed by atoms with Gasteiger partial charge >= 0.3 is 0 Å². The number of carbonyl (C=O) groups excluding carboxylic acids is 1. The highest BCUT2D eigenvalue weighted by molar-refractivity contribution is 6.00. The second-order valence-electron chi connectivity index (χ2n) is 6.12. The number of hydrogen-bond acceptors (Lipinski definition) is 5. The zero-order valence-electron chi connectivity index (χ0n) is 14.0. The van der Waals surface area contributed by atoms with E-state index in [1.54, 1.807) is 23.2 Å². The number of fused-ring (bicyclic) bond motifs is 1. The SMILES string of the molecule is Cc1noc(C)c1Cn1cc(CC(=O)c2ccc3occc3c2)cn1. The van der Waals surface area contributed by atoms with Gasteiger partial charge in [0.05, 0.1) is 24.7 Å². The molecule has 0 spiro atoms. The quantitative estimate of drug-likeness (QED) is 0.520. The van der Waals surface area contributed by atoms with Gasteiger partial charge in [-0.05, 0) is 43.7 Å². The van der Waals surface area contributed by atoms with Crippen molar-refractivity contribution in [1.82, 2.24) is 14.9 Å². The first-order chi connectivity index (χ1) is 12.1. The third kappa shape index (κ3) is 2.98. The molecule has 0 aliphatic carbocycles. The molecule has 0 N–H and O–H groups in total. The molecule has 126 valence electrons. The fourth-order valence-corrected chi connectivity index (χ4v) is 2.90. The Morgan fingerprint density at radius 1 is 1.24 bits per heavy atom. The molecule has 0 radical (unpaired) electrons. The monoisotopic (exact) mass is 335 g/mol. The summed E-state index contributed by atoms with van der Waals surface area (Å²) in [6, 6.07) is 7.33. The number of aryl methyl sites for hydroxylation is 2. The summed E-state index contributed by atoms with van der Waals surface area (Å²) in [5.41, 5.74) is 4.21. The number of nitrogens with zero attached hydrogens (tertiary/aromatic N) is 3. The Bertz CT molecular complexity index is 1040. The molecule has 4 rings (SSSR count). The van der Waals surface area contributed by atoms with E-state index in [1.165, 1.54) is 0 Å². The van der Waals surface area contributed by atoms with Crippen LogP contribution < -0.4 is 0 Å². The molecule has 6 heteroatoms. The van der Waals surface area contributed by atoms with Gasteiger partial charge in [0.15, 0.2) is 5.78 Å². The van der Waals surface area contributed by atoms with E-state index >= 15 is 0 Å². The number of carbonyl (C=O) groups is 1. The number of rotatable bonds is 5. The molecule has 0 amide bonds. The van der Waals surface area contributed by atoms with Gasteiger partial charge in [0.25, 0.3) is 0 Å². The van der Waals surface area contributed by atoms with Crippen molar-refractivity contribution in [2.24, 2.45) is 0 Å². The van der Waals surface area contributed by atoms with Crippen LogP contribution in [0.15, 0.2) is 51.9 Å². The van der Waals surface area contributed by atoms with E-state index in [9.17, 15) is 4.79 Å². The third-order valence-corrected chi connectivity index (χ3v) is 4.33. The van der Waals surface area contributed by atoms with Crippen molar-refractivity contribution in [2.75, 3.05) is 0 Å². The smallest absolute Gasteiger partial charge is 0.167 e. The molecule has 0 aliphatic heterocycles. The van der Waals surface area contributed by atoms with E-state index in [-0.39, 0.29) is 5.78 Å². The van der Waals surface area contributed by atoms with Crippen LogP contribution in [0.5, 0.6) is 0 Å². The van der Waals surface area contributed by atoms with E-state index in [2.05, 4.69) is 10.3 Å². The average molecular weight is 335 g/mol. The van der Waals surface area contributed by atoms with Gasteiger partial charge in [0.2, 0.25) is 0 Å². The summed E-state index contributed by atoms with van der Waals surface area (Å²) in [6.45, 7) is 4.37. The van der Waals surface area contributed by atoms with Crippen LogP contribution in [0.3, 0.4) is 0 Å². The molecule has 6 nitrogen and oxygen atoms in total. The highest BCUT2D eigenvalue weighted by Crippen LogP contribution is 2.19. The molecule has 25 heavy (non-hydrogen) atoms. The van der Waals surface area contributed by atoms with E-state index in [4.69, 9.17) is 8.94 Å². The van der Waals surface area contributed by atoms with Crippen molar-refractivity contribution >= 4 is 16.8 Å². The number of ketones is 1. The van der Waals surface area contributed by atoms with Gasteiger partial charge in [-0.2, -0.15) is 5.10 Å². The van der Waals surface area contributed by atoms with Crippen LogP contribution in [0.1, 0.15) is 32.9 Å². The lowest BCUT2D eigenvalue weighted by molar-refractivity contribution is 0.0993. The van der Waals surface area contributed by atoms with Crippen LogP contribution in [-0.2, 0) is 13.0 Å². The second-order valence-corrected chi connectivity index (χ2v) is 6.12. The maximum Gasteiger partial charge on any atom is 0.167 e.